The maximum atomic E-state index is 12.9. The molecule has 12 heteroatoms. The van der Waals surface area contributed by atoms with Gasteiger partial charge in [0, 0.05) is 42.0 Å². The Bertz CT molecular complexity index is 949. The Hall–Kier alpha value is -2.99. The Morgan fingerprint density at radius 3 is 2.76 bits per heavy atom. The maximum absolute atomic E-state index is 12.9. The SMILES string of the molecule is COCCCC(=O)NCC(=O)N1[C@H]2C[C@@]2(C)C[C@H]1C(=O)NCc1cc(C(=N)NC(=O)O)cs1. The Labute approximate surface area is 195 Å². The van der Waals surface area contributed by atoms with E-state index < -0.39 is 12.1 Å². The number of carboxylic acid groups (broad SMARTS) is 1. The van der Waals surface area contributed by atoms with Crippen molar-refractivity contribution >= 4 is 41.0 Å². The van der Waals surface area contributed by atoms with Crippen molar-refractivity contribution in [3.8, 4) is 0 Å². The predicted molar refractivity (Wildman–Crippen MR) is 120 cm³/mol. The van der Waals surface area contributed by atoms with E-state index in [9.17, 15) is 19.2 Å². The van der Waals surface area contributed by atoms with Crippen molar-refractivity contribution in [3.63, 3.8) is 0 Å². The minimum absolute atomic E-state index is 0.00190. The first-order chi connectivity index (χ1) is 15.6. The summed E-state index contributed by atoms with van der Waals surface area (Å²) >= 11 is 1.30. The molecule has 1 aromatic rings. The van der Waals surface area contributed by atoms with E-state index in [0.29, 0.717) is 25.0 Å². The standard InChI is InChI=1S/C21H29N5O6S/c1-21-7-14(19(29)24-9-13-6-12(11-33-13)18(22)25-20(30)31)26(15(21)8-21)17(28)10-23-16(27)4-3-5-32-2/h6,11,14-15H,3-5,7-10H2,1-2H3,(H2,22,25)(H,23,27)(H,24,29)(H,30,31)/t14-,15-,21+/m0/s1. The van der Waals surface area contributed by atoms with Crippen molar-refractivity contribution in [2.75, 3.05) is 20.3 Å². The third kappa shape index (κ3) is 6.08. The zero-order valence-corrected chi connectivity index (χ0v) is 19.4. The van der Waals surface area contributed by atoms with Crippen LogP contribution in [0.3, 0.4) is 0 Å². The quantitative estimate of drug-likeness (QED) is 0.190. The van der Waals surface area contributed by atoms with Gasteiger partial charge in [0.25, 0.3) is 0 Å². The topological polar surface area (TPSA) is 161 Å². The molecular weight excluding hydrogens is 450 g/mol. The summed E-state index contributed by atoms with van der Waals surface area (Å²) in [5.74, 6) is -0.998. The number of hydrogen-bond acceptors (Lipinski definition) is 7. The fourth-order valence-corrected chi connectivity index (χ4v) is 4.98. The molecule has 0 spiro atoms. The molecule has 3 rings (SSSR count). The smallest absolute Gasteiger partial charge is 0.410 e. The Morgan fingerprint density at radius 2 is 2.06 bits per heavy atom. The number of nitrogens with one attached hydrogen (secondary N) is 4. The second kappa shape index (κ2) is 10.3. The van der Waals surface area contributed by atoms with Crippen LogP contribution in [-0.4, -0.2) is 72.0 Å². The molecule has 1 aliphatic heterocycles. The number of amides is 4. The molecule has 180 valence electrons. The number of piperidine rings is 1. The molecule has 1 saturated carbocycles. The number of hydrogen-bond donors (Lipinski definition) is 5. The number of rotatable bonds is 10. The highest BCUT2D eigenvalue weighted by atomic mass is 32.1. The largest absolute Gasteiger partial charge is 0.465 e. The van der Waals surface area contributed by atoms with Crippen molar-refractivity contribution < 1.29 is 29.0 Å². The monoisotopic (exact) mass is 479 g/mol. The average molecular weight is 480 g/mol. The van der Waals surface area contributed by atoms with Gasteiger partial charge in [-0.2, -0.15) is 0 Å². The molecule has 1 aliphatic carbocycles. The lowest BCUT2D eigenvalue weighted by Crippen LogP contribution is -2.50. The first-order valence-corrected chi connectivity index (χ1v) is 11.5. The van der Waals surface area contributed by atoms with Crippen molar-refractivity contribution in [2.24, 2.45) is 5.41 Å². The van der Waals surface area contributed by atoms with Crippen LogP contribution in [0.5, 0.6) is 0 Å². The van der Waals surface area contributed by atoms with Crippen LogP contribution in [0.4, 0.5) is 4.79 Å². The molecule has 5 N–H and O–H groups in total. The van der Waals surface area contributed by atoms with E-state index in [0.717, 1.165) is 11.3 Å². The average Bonchev–Trinajstić information content (AvgIpc) is 3.10. The van der Waals surface area contributed by atoms with E-state index in [1.54, 1.807) is 23.5 Å². The molecule has 4 amide bonds. The van der Waals surface area contributed by atoms with Crippen LogP contribution in [0.25, 0.3) is 0 Å². The molecular formula is C21H29N5O6S. The van der Waals surface area contributed by atoms with Gasteiger partial charge in [0.05, 0.1) is 13.1 Å². The Kier molecular flexibility index (Phi) is 7.69. The summed E-state index contributed by atoms with van der Waals surface area (Å²) in [6, 6.07) is 1.04. The summed E-state index contributed by atoms with van der Waals surface area (Å²) in [7, 11) is 1.56. The van der Waals surface area contributed by atoms with E-state index in [-0.39, 0.29) is 54.5 Å². The summed E-state index contributed by atoms with van der Waals surface area (Å²) in [6.07, 6.45) is 0.943. The molecule has 0 bridgehead atoms. The van der Waals surface area contributed by atoms with Gasteiger partial charge in [-0.3, -0.25) is 25.1 Å². The van der Waals surface area contributed by atoms with Gasteiger partial charge in [-0.15, -0.1) is 11.3 Å². The molecule has 33 heavy (non-hydrogen) atoms. The third-order valence-corrected chi connectivity index (χ3v) is 6.96. The third-order valence-electron chi connectivity index (χ3n) is 6.03. The second-order valence-electron chi connectivity index (χ2n) is 8.59. The molecule has 0 radical (unpaired) electrons. The van der Waals surface area contributed by atoms with Crippen LogP contribution in [0.2, 0.25) is 0 Å². The van der Waals surface area contributed by atoms with Gasteiger partial charge >= 0.3 is 6.09 Å². The van der Waals surface area contributed by atoms with Crippen LogP contribution in [-0.2, 0) is 25.7 Å². The number of nitrogens with zero attached hydrogens (tertiary/aromatic N) is 1. The second-order valence-corrected chi connectivity index (χ2v) is 9.59. The van der Waals surface area contributed by atoms with Gasteiger partial charge in [-0.05, 0) is 30.7 Å². The molecule has 3 atom stereocenters. The number of amidine groups is 1. The van der Waals surface area contributed by atoms with Gasteiger partial charge in [0.15, 0.2) is 0 Å². The molecule has 2 fully saturated rings. The van der Waals surface area contributed by atoms with Crippen molar-refractivity contribution in [2.45, 2.75) is 51.2 Å². The lowest BCUT2D eigenvalue weighted by atomic mass is 10.0. The summed E-state index contributed by atoms with van der Waals surface area (Å²) in [5, 5.41) is 25.5. The summed E-state index contributed by atoms with van der Waals surface area (Å²) < 4.78 is 4.92. The Balaban J connectivity index is 1.53. The van der Waals surface area contributed by atoms with E-state index in [1.807, 2.05) is 5.32 Å². The Morgan fingerprint density at radius 1 is 1.30 bits per heavy atom. The molecule has 0 aromatic carbocycles. The fraction of sp³-hybridized carbons (Fsp3) is 0.571. The van der Waals surface area contributed by atoms with Gasteiger partial charge in [-0.1, -0.05) is 6.92 Å². The van der Waals surface area contributed by atoms with Crippen LogP contribution < -0.4 is 16.0 Å². The lowest BCUT2D eigenvalue weighted by Gasteiger charge is -2.27. The number of carbonyl (C=O) groups is 4. The number of thiophene rings is 1. The van der Waals surface area contributed by atoms with E-state index in [2.05, 4.69) is 17.6 Å². The van der Waals surface area contributed by atoms with E-state index >= 15 is 0 Å². The van der Waals surface area contributed by atoms with Gasteiger partial charge in [0.2, 0.25) is 17.7 Å². The highest BCUT2D eigenvalue weighted by Gasteiger charge is 2.64. The number of methoxy groups -OCH3 is 1. The first-order valence-electron chi connectivity index (χ1n) is 10.7. The first kappa shape index (κ1) is 24.6. The fourth-order valence-electron chi connectivity index (χ4n) is 4.17. The van der Waals surface area contributed by atoms with E-state index in [4.69, 9.17) is 15.3 Å². The number of carbonyl (C=O) groups excluding carboxylic acids is 3. The highest BCUT2D eigenvalue weighted by Crippen LogP contribution is 2.59. The zero-order valence-electron chi connectivity index (χ0n) is 18.6. The minimum Gasteiger partial charge on any atom is -0.465 e. The normalized spacial score (nSPS) is 22.9. The molecule has 2 heterocycles. The minimum atomic E-state index is -1.31. The van der Waals surface area contributed by atoms with Crippen LogP contribution in [0.15, 0.2) is 11.4 Å². The van der Waals surface area contributed by atoms with Crippen molar-refractivity contribution in [1.82, 2.24) is 20.9 Å². The van der Waals surface area contributed by atoms with Gasteiger partial charge < -0.3 is 25.4 Å². The molecule has 11 nitrogen and oxygen atoms in total. The van der Waals surface area contributed by atoms with Gasteiger partial charge in [-0.25, -0.2) is 4.79 Å². The van der Waals surface area contributed by atoms with E-state index in [1.165, 1.54) is 11.3 Å². The summed E-state index contributed by atoms with van der Waals surface area (Å²) in [4.78, 5) is 50.7. The number of fused-ring (bicyclic) bond motifs is 1. The maximum Gasteiger partial charge on any atom is 0.410 e. The zero-order chi connectivity index (χ0) is 24.2. The highest BCUT2D eigenvalue weighted by molar-refractivity contribution is 7.10. The van der Waals surface area contributed by atoms with Crippen molar-refractivity contribution in [1.29, 1.82) is 5.41 Å². The van der Waals surface area contributed by atoms with Crippen LogP contribution in [0, 0.1) is 10.8 Å². The van der Waals surface area contributed by atoms with Gasteiger partial charge in [0.1, 0.15) is 11.9 Å². The number of ether oxygens (including phenoxy) is 1. The molecule has 2 aliphatic rings. The molecule has 1 aromatic heterocycles. The molecule has 0 unspecified atom stereocenters. The molecule has 1 saturated heterocycles. The van der Waals surface area contributed by atoms with Crippen LogP contribution in [0.1, 0.15) is 43.0 Å². The van der Waals surface area contributed by atoms with Crippen molar-refractivity contribution in [3.05, 3.63) is 21.9 Å². The number of likely N-dealkylation sites (tertiary alicyclic amines) is 1. The van der Waals surface area contributed by atoms with Crippen LogP contribution >= 0.6 is 11.3 Å². The predicted octanol–water partition coefficient (Wildman–Crippen LogP) is 0.880. The summed E-state index contributed by atoms with van der Waals surface area (Å²) in [6.45, 7) is 2.59. The lowest BCUT2D eigenvalue weighted by molar-refractivity contribution is -0.140. The summed E-state index contributed by atoms with van der Waals surface area (Å²) in [5.41, 5.74) is 0.340.